The van der Waals surface area contributed by atoms with Crippen molar-refractivity contribution in [1.82, 2.24) is 10.6 Å². The molecule has 0 atom stereocenters. The summed E-state index contributed by atoms with van der Waals surface area (Å²) in [5.74, 6) is 1.01. The Hall–Kier alpha value is -3.06. The monoisotopic (exact) mass is 435 g/mol. The van der Waals surface area contributed by atoms with Gasteiger partial charge in [0.25, 0.3) is 0 Å². The van der Waals surface area contributed by atoms with E-state index >= 15 is 0 Å². The Labute approximate surface area is 190 Å². The van der Waals surface area contributed by atoms with E-state index in [9.17, 15) is 4.79 Å². The van der Waals surface area contributed by atoms with Crippen LogP contribution in [0.1, 0.15) is 30.9 Å². The maximum absolute atomic E-state index is 11.9. The summed E-state index contributed by atoms with van der Waals surface area (Å²) in [6, 6.07) is 16.7. The third-order valence-corrected chi connectivity index (χ3v) is 5.88. The molecule has 0 spiro atoms. The number of hydrogen-bond donors (Lipinski definition) is 2. The Morgan fingerprint density at radius 1 is 1.03 bits per heavy atom. The molecule has 0 unspecified atom stereocenters. The molecular formula is C25H33N5O2. The molecule has 0 aliphatic carbocycles. The van der Waals surface area contributed by atoms with Gasteiger partial charge in [0.2, 0.25) is 5.91 Å². The highest BCUT2D eigenvalue weighted by molar-refractivity contribution is 5.95. The second-order valence-corrected chi connectivity index (χ2v) is 8.09. The highest BCUT2D eigenvalue weighted by Gasteiger charge is 2.21. The number of anilines is 2. The number of nitrogens with one attached hydrogen (secondary N) is 2. The van der Waals surface area contributed by atoms with Gasteiger partial charge in [0, 0.05) is 50.5 Å². The first-order valence-corrected chi connectivity index (χ1v) is 11.6. The molecule has 0 radical (unpaired) electrons. The van der Waals surface area contributed by atoms with E-state index in [1.807, 2.05) is 17.0 Å². The molecule has 2 aromatic carbocycles. The Morgan fingerprint density at radius 3 is 2.53 bits per heavy atom. The van der Waals surface area contributed by atoms with Crippen LogP contribution in [0.2, 0.25) is 0 Å². The van der Waals surface area contributed by atoms with Crippen LogP contribution in [0.4, 0.5) is 11.4 Å². The molecule has 170 valence electrons. The summed E-state index contributed by atoms with van der Waals surface area (Å²) in [5.41, 5.74) is 4.60. The standard InChI is InChI=1S/C25H33N5O2/c1-2-26-25(27-18-20-9-11-22(12-10-20)30-13-5-8-24(30)31)28-19-21-6-3-4-7-23(21)29-14-16-32-17-15-29/h3-4,6-7,9-12H,2,5,8,13-19H2,1H3,(H2,26,27,28). The smallest absolute Gasteiger partial charge is 0.227 e. The third kappa shape index (κ3) is 5.59. The maximum atomic E-state index is 11.9. The molecule has 2 saturated heterocycles. The largest absolute Gasteiger partial charge is 0.378 e. The summed E-state index contributed by atoms with van der Waals surface area (Å²) >= 11 is 0. The minimum atomic E-state index is 0.215. The lowest BCUT2D eigenvalue weighted by Gasteiger charge is -2.30. The van der Waals surface area contributed by atoms with Gasteiger partial charge in [0.05, 0.1) is 19.8 Å². The Kier molecular flexibility index (Phi) is 7.61. The van der Waals surface area contributed by atoms with E-state index < -0.39 is 0 Å². The van der Waals surface area contributed by atoms with Crippen LogP contribution in [-0.4, -0.2) is 51.3 Å². The molecule has 32 heavy (non-hydrogen) atoms. The van der Waals surface area contributed by atoms with Gasteiger partial charge in [-0.25, -0.2) is 4.99 Å². The minimum absolute atomic E-state index is 0.215. The third-order valence-electron chi connectivity index (χ3n) is 5.88. The van der Waals surface area contributed by atoms with Gasteiger partial charge < -0.3 is 25.2 Å². The van der Waals surface area contributed by atoms with E-state index in [1.54, 1.807) is 0 Å². The number of ether oxygens (including phenoxy) is 1. The van der Waals surface area contributed by atoms with Crippen molar-refractivity contribution in [2.45, 2.75) is 32.9 Å². The van der Waals surface area contributed by atoms with Crippen molar-refractivity contribution in [3.8, 4) is 0 Å². The van der Waals surface area contributed by atoms with Gasteiger partial charge >= 0.3 is 0 Å². The van der Waals surface area contributed by atoms with E-state index in [0.717, 1.165) is 63.0 Å². The number of amides is 1. The first-order chi connectivity index (χ1) is 15.7. The van der Waals surface area contributed by atoms with E-state index in [4.69, 9.17) is 9.73 Å². The molecule has 2 aromatic rings. The van der Waals surface area contributed by atoms with Gasteiger partial charge in [-0.3, -0.25) is 4.79 Å². The highest BCUT2D eigenvalue weighted by Crippen LogP contribution is 2.22. The van der Waals surface area contributed by atoms with Gasteiger partial charge in [-0.05, 0) is 42.7 Å². The lowest BCUT2D eigenvalue weighted by molar-refractivity contribution is -0.117. The summed E-state index contributed by atoms with van der Waals surface area (Å²) in [6.07, 6.45) is 1.59. The lowest BCUT2D eigenvalue weighted by atomic mass is 10.1. The summed E-state index contributed by atoms with van der Waals surface area (Å²) in [5, 5.41) is 6.81. The van der Waals surface area contributed by atoms with Gasteiger partial charge in [-0.1, -0.05) is 30.3 Å². The van der Waals surface area contributed by atoms with Crippen molar-refractivity contribution in [3.05, 3.63) is 59.7 Å². The molecule has 1 amide bonds. The van der Waals surface area contributed by atoms with Crippen LogP contribution in [0.5, 0.6) is 0 Å². The van der Waals surface area contributed by atoms with E-state index in [1.165, 1.54) is 11.3 Å². The fourth-order valence-electron chi connectivity index (χ4n) is 4.17. The summed E-state index contributed by atoms with van der Waals surface area (Å²) in [7, 11) is 0. The number of benzene rings is 2. The number of para-hydroxylation sites is 1. The number of morpholine rings is 1. The fraction of sp³-hybridized carbons (Fsp3) is 0.440. The average Bonchev–Trinajstić information content (AvgIpc) is 3.28. The van der Waals surface area contributed by atoms with Gasteiger partial charge in [-0.15, -0.1) is 0 Å². The molecule has 2 aliphatic rings. The molecule has 0 aromatic heterocycles. The molecule has 2 heterocycles. The number of guanidine groups is 1. The molecule has 2 aliphatic heterocycles. The van der Waals surface area contributed by atoms with Crippen LogP contribution in [-0.2, 0) is 22.6 Å². The lowest BCUT2D eigenvalue weighted by Crippen LogP contribution is -2.39. The summed E-state index contributed by atoms with van der Waals surface area (Å²) < 4.78 is 5.50. The van der Waals surface area contributed by atoms with Crippen LogP contribution < -0.4 is 20.4 Å². The number of rotatable bonds is 7. The zero-order valence-corrected chi connectivity index (χ0v) is 18.8. The van der Waals surface area contributed by atoms with Gasteiger partial charge in [0.1, 0.15) is 0 Å². The number of hydrogen-bond acceptors (Lipinski definition) is 4. The topological polar surface area (TPSA) is 69.2 Å². The highest BCUT2D eigenvalue weighted by atomic mass is 16.5. The average molecular weight is 436 g/mol. The minimum Gasteiger partial charge on any atom is -0.378 e. The molecule has 0 saturated carbocycles. The van der Waals surface area contributed by atoms with Crippen LogP contribution in [0, 0.1) is 0 Å². The molecule has 2 N–H and O–H groups in total. The van der Waals surface area contributed by atoms with Crippen LogP contribution >= 0.6 is 0 Å². The van der Waals surface area contributed by atoms with Crippen molar-refractivity contribution < 1.29 is 9.53 Å². The van der Waals surface area contributed by atoms with Crippen molar-refractivity contribution in [2.75, 3.05) is 49.2 Å². The van der Waals surface area contributed by atoms with E-state index in [-0.39, 0.29) is 5.91 Å². The Morgan fingerprint density at radius 2 is 1.81 bits per heavy atom. The number of aliphatic imine (C=N–C) groups is 1. The fourth-order valence-corrected chi connectivity index (χ4v) is 4.17. The van der Waals surface area contributed by atoms with Crippen molar-refractivity contribution in [3.63, 3.8) is 0 Å². The predicted molar refractivity (Wildman–Crippen MR) is 129 cm³/mol. The van der Waals surface area contributed by atoms with Crippen molar-refractivity contribution in [2.24, 2.45) is 4.99 Å². The van der Waals surface area contributed by atoms with Crippen LogP contribution in [0.3, 0.4) is 0 Å². The zero-order chi connectivity index (χ0) is 22.2. The second kappa shape index (κ2) is 11.0. The second-order valence-electron chi connectivity index (χ2n) is 8.09. The zero-order valence-electron chi connectivity index (χ0n) is 18.8. The number of carbonyl (C=O) groups excluding carboxylic acids is 1. The number of nitrogens with zero attached hydrogens (tertiary/aromatic N) is 3. The Bertz CT molecular complexity index is 922. The molecule has 7 nitrogen and oxygen atoms in total. The Balaban J connectivity index is 1.38. The molecular weight excluding hydrogens is 402 g/mol. The maximum Gasteiger partial charge on any atom is 0.227 e. The first-order valence-electron chi connectivity index (χ1n) is 11.6. The molecule has 2 fully saturated rings. The van der Waals surface area contributed by atoms with E-state index in [2.05, 4.69) is 58.9 Å². The normalized spacial score (nSPS) is 17.0. The van der Waals surface area contributed by atoms with Crippen LogP contribution in [0.25, 0.3) is 0 Å². The van der Waals surface area contributed by atoms with Crippen molar-refractivity contribution >= 4 is 23.2 Å². The van der Waals surface area contributed by atoms with E-state index in [0.29, 0.717) is 19.5 Å². The quantitative estimate of drug-likeness (QED) is 0.517. The predicted octanol–water partition coefficient (Wildman–Crippen LogP) is 2.91. The van der Waals surface area contributed by atoms with Gasteiger partial charge in [0.15, 0.2) is 5.96 Å². The number of carbonyl (C=O) groups is 1. The summed E-state index contributed by atoms with van der Waals surface area (Å²) in [4.78, 5) is 21.0. The summed E-state index contributed by atoms with van der Waals surface area (Å²) in [6.45, 7) is 8.36. The molecule has 4 rings (SSSR count). The van der Waals surface area contributed by atoms with Crippen molar-refractivity contribution in [1.29, 1.82) is 0 Å². The SMILES string of the molecule is CCNC(=NCc1ccc(N2CCCC2=O)cc1)NCc1ccccc1N1CCOCC1. The molecule has 0 bridgehead atoms. The van der Waals surface area contributed by atoms with Gasteiger partial charge in [-0.2, -0.15) is 0 Å². The first kappa shape index (κ1) is 22.1. The van der Waals surface area contributed by atoms with Crippen LogP contribution in [0.15, 0.2) is 53.5 Å². The molecule has 7 heteroatoms.